The number of nitrogens with zero attached hydrogens (tertiary/aromatic N) is 3. The van der Waals surface area contributed by atoms with E-state index in [9.17, 15) is 18.5 Å². The van der Waals surface area contributed by atoms with Gasteiger partial charge in [-0.1, -0.05) is 40.2 Å². The third-order valence-electron chi connectivity index (χ3n) is 7.04. The van der Waals surface area contributed by atoms with Crippen LogP contribution in [0.2, 0.25) is 0 Å². The topological polar surface area (TPSA) is 128 Å². The lowest BCUT2D eigenvalue weighted by molar-refractivity contribution is -0.387. The average Bonchev–Trinajstić information content (AvgIpc) is 2.84. The van der Waals surface area contributed by atoms with Crippen LogP contribution in [-0.2, 0) is 19.5 Å². The van der Waals surface area contributed by atoms with Crippen molar-refractivity contribution in [3.63, 3.8) is 0 Å². The van der Waals surface area contributed by atoms with E-state index < -0.39 is 32.8 Å². The van der Waals surface area contributed by atoms with Crippen molar-refractivity contribution >= 4 is 31.6 Å². The second-order valence-electron chi connectivity index (χ2n) is 8.74. The fraction of sp³-hybridized carbons (Fsp3) is 0.478. The summed E-state index contributed by atoms with van der Waals surface area (Å²) in [6.45, 7) is 1.08. The van der Waals surface area contributed by atoms with Crippen LogP contribution in [0.25, 0.3) is 0 Å². The Kier molecular flexibility index (Phi) is 7.91. The van der Waals surface area contributed by atoms with Gasteiger partial charge in [-0.3, -0.25) is 15.0 Å². The second-order valence-corrected chi connectivity index (χ2v) is 11.6. The first-order valence-electron chi connectivity index (χ1n) is 11.2. The number of hydrogen-bond donors (Lipinski definition) is 1. The van der Waals surface area contributed by atoms with Crippen molar-refractivity contribution in [1.82, 2.24) is 9.21 Å². The van der Waals surface area contributed by atoms with E-state index in [1.807, 2.05) is 24.3 Å². The SMILES string of the molecule is CO[C@H]1CN2[C@H](CN)[C@H](c3ccc(Br)cc3)[C@@H]2CN(S(=O)(=O)c2ccccc2[N+](=O)[O-])C[C@H]1OC. The van der Waals surface area contributed by atoms with Crippen molar-refractivity contribution < 1.29 is 22.8 Å². The van der Waals surface area contributed by atoms with Crippen LogP contribution in [0.3, 0.4) is 0 Å². The number of nitro groups is 1. The molecule has 2 aliphatic rings. The maximum Gasteiger partial charge on any atom is 0.289 e. The van der Waals surface area contributed by atoms with Crippen LogP contribution in [0.1, 0.15) is 11.5 Å². The van der Waals surface area contributed by atoms with Gasteiger partial charge >= 0.3 is 0 Å². The van der Waals surface area contributed by atoms with Gasteiger partial charge in [-0.2, -0.15) is 4.31 Å². The van der Waals surface area contributed by atoms with Gasteiger partial charge in [-0.05, 0) is 23.8 Å². The van der Waals surface area contributed by atoms with E-state index in [2.05, 4.69) is 20.8 Å². The Hall–Kier alpha value is -1.93. The summed E-state index contributed by atoms with van der Waals surface area (Å²) < 4.78 is 41.3. The number of hydrogen-bond acceptors (Lipinski definition) is 8. The molecule has 0 amide bonds. The Morgan fingerprint density at radius 2 is 1.69 bits per heavy atom. The van der Waals surface area contributed by atoms with Gasteiger partial charge < -0.3 is 15.2 Å². The number of rotatable bonds is 7. The quantitative estimate of drug-likeness (QED) is 0.397. The summed E-state index contributed by atoms with van der Waals surface area (Å²) >= 11 is 3.46. The predicted molar refractivity (Wildman–Crippen MR) is 134 cm³/mol. The van der Waals surface area contributed by atoms with E-state index in [4.69, 9.17) is 15.2 Å². The molecular weight excluding hydrogens is 540 g/mol. The van der Waals surface area contributed by atoms with Crippen molar-refractivity contribution in [2.75, 3.05) is 40.4 Å². The molecule has 2 aliphatic heterocycles. The number of para-hydroxylation sites is 1. The van der Waals surface area contributed by atoms with Crippen LogP contribution < -0.4 is 5.73 Å². The first kappa shape index (κ1) is 26.1. The maximum absolute atomic E-state index is 13.8. The van der Waals surface area contributed by atoms with E-state index in [0.717, 1.165) is 10.0 Å². The molecule has 0 saturated carbocycles. The highest BCUT2D eigenvalue weighted by Gasteiger charge is 2.52. The van der Waals surface area contributed by atoms with Crippen molar-refractivity contribution in [3.8, 4) is 0 Å². The minimum absolute atomic E-state index is 0.00633. The van der Waals surface area contributed by atoms with E-state index in [1.165, 1.54) is 35.7 Å². The van der Waals surface area contributed by atoms with Gasteiger partial charge in [0.1, 0.15) is 0 Å². The van der Waals surface area contributed by atoms with Crippen LogP contribution in [0, 0.1) is 10.1 Å². The fourth-order valence-corrected chi connectivity index (χ4v) is 7.15. The fourth-order valence-electron chi connectivity index (χ4n) is 5.25. The third kappa shape index (κ3) is 4.88. The first-order chi connectivity index (χ1) is 16.7. The summed E-state index contributed by atoms with van der Waals surface area (Å²) in [6.07, 6.45) is -0.977. The number of benzene rings is 2. The summed E-state index contributed by atoms with van der Waals surface area (Å²) in [7, 11) is -1.15. The van der Waals surface area contributed by atoms with E-state index >= 15 is 0 Å². The first-order valence-corrected chi connectivity index (χ1v) is 13.5. The minimum atomic E-state index is -4.22. The lowest BCUT2D eigenvalue weighted by atomic mass is 9.74. The number of halogens is 1. The molecule has 2 fully saturated rings. The standard InChI is InChI=1S/C23H29BrN4O6S/c1-33-20-13-26(35(31,32)22-6-4-3-5-17(22)28(29)30)12-19-23(15-7-9-16(24)10-8-15)18(11-25)27(19)14-21(20)34-2/h3-10,18-21,23H,11-14,25H2,1-2H3/t18-,19+,20-,21+,23+/m1/s1. The number of ether oxygens (including phenoxy) is 2. The zero-order valence-corrected chi connectivity index (χ0v) is 21.9. The van der Waals surface area contributed by atoms with E-state index in [1.54, 1.807) is 7.11 Å². The molecule has 0 aliphatic carbocycles. The molecule has 5 atom stereocenters. The highest BCUT2D eigenvalue weighted by molar-refractivity contribution is 9.10. The Morgan fingerprint density at radius 1 is 1.06 bits per heavy atom. The molecule has 2 N–H and O–H groups in total. The summed E-state index contributed by atoms with van der Waals surface area (Å²) in [6, 6.07) is 13.2. The normalized spacial score (nSPS) is 27.9. The molecule has 0 bridgehead atoms. The van der Waals surface area contributed by atoms with Gasteiger partial charge in [-0.15, -0.1) is 0 Å². The lowest BCUT2D eigenvalue weighted by Crippen LogP contribution is -2.71. The van der Waals surface area contributed by atoms with E-state index in [0.29, 0.717) is 13.1 Å². The van der Waals surface area contributed by atoms with Gasteiger partial charge in [0, 0.05) is 68.9 Å². The lowest BCUT2D eigenvalue weighted by Gasteiger charge is -2.58. The van der Waals surface area contributed by atoms with Gasteiger partial charge in [-0.25, -0.2) is 8.42 Å². The van der Waals surface area contributed by atoms with E-state index in [-0.39, 0.29) is 36.0 Å². The van der Waals surface area contributed by atoms with Gasteiger partial charge in [0.05, 0.1) is 17.1 Å². The summed E-state index contributed by atoms with van der Waals surface area (Å²) in [5.74, 6) is -0.00633. The predicted octanol–water partition coefficient (Wildman–Crippen LogP) is 2.19. The maximum atomic E-state index is 13.8. The largest absolute Gasteiger partial charge is 0.377 e. The molecule has 2 saturated heterocycles. The smallest absolute Gasteiger partial charge is 0.289 e. The summed E-state index contributed by atoms with van der Waals surface area (Å²) in [5.41, 5.74) is 6.78. The van der Waals surface area contributed by atoms with Crippen molar-refractivity contribution in [2.45, 2.75) is 35.1 Å². The number of sulfonamides is 1. The Bertz CT molecular complexity index is 1160. The van der Waals surface area contributed by atoms with Crippen LogP contribution in [0.5, 0.6) is 0 Å². The molecule has 0 unspecified atom stereocenters. The molecule has 2 aromatic rings. The minimum Gasteiger partial charge on any atom is -0.377 e. The Balaban J connectivity index is 1.77. The zero-order chi connectivity index (χ0) is 25.3. The Morgan fingerprint density at radius 3 is 2.29 bits per heavy atom. The van der Waals surface area contributed by atoms with Crippen LogP contribution in [0.4, 0.5) is 5.69 Å². The summed E-state index contributed by atoms with van der Waals surface area (Å²) in [5, 5.41) is 11.6. The monoisotopic (exact) mass is 568 g/mol. The third-order valence-corrected chi connectivity index (χ3v) is 9.45. The molecule has 4 rings (SSSR count). The highest BCUT2D eigenvalue weighted by atomic mass is 79.9. The number of fused-ring (bicyclic) bond motifs is 1. The molecule has 35 heavy (non-hydrogen) atoms. The molecule has 12 heteroatoms. The molecule has 0 radical (unpaired) electrons. The Labute approximate surface area is 213 Å². The molecule has 0 spiro atoms. The number of nitro benzene ring substituents is 1. The molecule has 190 valence electrons. The number of methoxy groups -OCH3 is 2. The van der Waals surface area contributed by atoms with Crippen molar-refractivity contribution in [3.05, 3.63) is 68.7 Å². The van der Waals surface area contributed by atoms with Gasteiger partial charge in [0.25, 0.3) is 5.69 Å². The van der Waals surface area contributed by atoms with Crippen molar-refractivity contribution in [1.29, 1.82) is 0 Å². The van der Waals surface area contributed by atoms with Gasteiger partial charge in [0.2, 0.25) is 10.0 Å². The second kappa shape index (κ2) is 10.6. The molecule has 2 heterocycles. The number of nitrogens with two attached hydrogens (primary N) is 1. The van der Waals surface area contributed by atoms with Crippen molar-refractivity contribution in [2.24, 2.45) is 5.73 Å². The highest BCUT2D eigenvalue weighted by Crippen LogP contribution is 2.43. The van der Waals surface area contributed by atoms with Crippen LogP contribution in [0.15, 0.2) is 57.9 Å². The van der Waals surface area contributed by atoms with Crippen LogP contribution in [-0.4, -0.2) is 87.2 Å². The average molecular weight is 569 g/mol. The summed E-state index contributed by atoms with van der Waals surface area (Å²) in [4.78, 5) is 12.8. The van der Waals surface area contributed by atoms with Gasteiger partial charge in [0.15, 0.2) is 4.90 Å². The van der Waals surface area contributed by atoms with Crippen LogP contribution >= 0.6 is 15.9 Å². The molecule has 2 aromatic carbocycles. The molecular formula is C23H29BrN4O6S. The molecule has 10 nitrogen and oxygen atoms in total. The molecule has 0 aromatic heterocycles. The zero-order valence-electron chi connectivity index (χ0n) is 19.5.